The Kier molecular flexibility index (Phi) is 2.82. The number of nitrogens with zero attached hydrogens (tertiary/aromatic N) is 1. The summed E-state index contributed by atoms with van der Waals surface area (Å²) in [6.07, 6.45) is 0. The number of aromatic nitrogens is 1. The maximum Gasteiger partial charge on any atom is 0.120 e. The Morgan fingerprint density at radius 2 is 1.61 bits per heavy atom. The van der Waals surface area contributed by atoms with Gasteiger partial charge in [-0.2, -0.15) is 0 Å². The van der Waals surface area contributed by atoms with E-state index in [-0.39, 0.29) is 6.61 Å². The molecule has 1 heterocycles. The van der Waals surface area contributed by atoms with Crippen molar-refractivity contribution in [1.82, 2.24) is 4.57 Å². The highest BCUT2D eigenvalue weighted by atomic mass is 35.5. The molecular weight excluding hydrogens is 246 g/mol. The van der Waals surface area contributed by atoms with Gasteiger partial charge in [0.1, 0.15) is 5.15 Å². The summed E-state index contributed by atoms with van der Waals surface area (Å²) in [5.74, 6) is 0. The molecule has 0 atom stereocenters. The fourth-order valence-electron chi connectivity index (χ4n) is 2.26. The lowest BCUT2D eigenvalue weighted by Crippen LogP contribution is -1.93. The minimum Gasteiger partial charge on any atom is -0.392 e. The van der Waals surface area contributed by atoms with E-state index in [1.54, 1.807) is 0 Å². The molecule has 18 heavy (non-hydrogen) atoms. The highest BCUT2D eigenvalue weighted by Gasteiger charge is 2.15. The summed E-state index contributed by atoms with van der Waals surface area (Å²) in [4.78, 5) is 0. The molecule has 1 aromatic heterocycles. The zero-order chi connectivity index (χ0) is 12.5. The van der Waals surface area contributed by atoms with Crippen LogP contribution in [0.2, 0.25) is 5.15 Å². The molecule has 0 fully saturated rings. The Hall–Kier alpha value is -1.77. The molecule has 0 saturated carbocycles. The van der Waals surface area contributed by atoms with Crippen LogP contribution in [0.25, 0.3) is 16.6 Å². The largest absolute Gasteiger partial charge is 0.392 e. The van der Waals surface area contributed by atoms with Crippen LogP contribution in [0.5, 0.6) is 0 Å². The second kappa shape index (κ2) is 4.48. The number of fused-ring (bicyclic) bond motifs is 1. The molecule has 0 unspecified atom stereocenters. The third kappa shape index (κ3) is 1.62. The fourth-order valence-corrected chi connectivity index (χ4v) is 2.61. The summed E-state index contributed by atoms with van der Waals surface area (Å²) in [5, 5.41) is 11.0. The van der Waals surface area contributed by atoms with E-state index in [4.69, 9.17) is 11.6 Å². The van der Waals surface area contributed by atoms with E-state index in [1.165, 1.54) is 0 Å². The van der Waals surface area contributed by atoms with Crippen LogP contribution < -0.4 is 0 Å². The monoisotopic (exact) mass is 257 g/mol. The van der Waals surface area contributed by atoms with Crippen molar-refractivity contribution in [2.24, 2.45) is 0 Å². The molecule has 0 aliphatic heterocycles. The lowest BCUT2D eigenvalue weighted by atomic mass is 10.2. The summed E-state index contributed by atoms with van der Waals surface area (Å²) in [7, 11) is 0. The first-order chi connectivity index (χ1) is 8.83. The first-order valence-corrected chi connectivity index (χ1v) is 6.15. The average molecular weight is 258 g/mol. The van der Waals surface area contributed by atoms with Crippen molar-refractivity contribution >= 4 is 22.5 Å². The first kappa shape index (κ1) is 11.3. The minimum atomic E-state index is -0.0564. The normalized spacial score (nSPS) is 11.0. The predicted molar refractivity (Wildman–Crippen MR) is 74.2 cm³/mol. The first-order valence-electron chi connectivity index (χ1n) is 5.77. The summed E-state index contributed by atoms with van der Waals surface area (Å²) in [6, 6.07) is 17.8. The van der Waals surface area contributed by atoms with E-state index in [2.05, 4.69) is 0 Å². The summed E-state index contributed by atoms with van der Waals surface area (Å²) in [6.45, 7) is -0.0564. The number of aliphatic hydroxyl groups is 1. The van der Waals surface area contributed by atoms with Crippen LogP contribution in [0.4, 0.5) is 0 Å². The maximum absolute atomic E-state index is 9.48. The van der Waals surface area contributed by atoms with Crippen molar-refractivity contribution in [3.63, 3.8) is 0 Å². The van der Waals surface area contributed by atoms with Gasteiger partial charge in [0.05, 0.1) is 12.1 Å². The molecule has 3 heteroatoms. The minimum absolute atomic E-state index is 0.0564. The van der Waals surface area contributed by atoms with Crippen molar-refractivity contribution in [2.75, 3.05) is 0 Å². The number of para-hydroxylation sites is 2. The van der Waals surface area contributed by atoms with Gasteiger partial charge >= 0.3 is 0 Å². The Balaban J connectivity index is 2.39. The smallest absolute Gasteiger partial charge is 0.120 e. The van der Waals surface area contributed by atoms with Gasteiger partial charge in [-0.15, -0.1) is 0 Å². The van der Waals surface area contributed by atoms with E-state index >= 15 is 0 Å². The van der Waals surface area contributed by atoms with Gasteiger partial charge < -0.3 is 5.11 Å². The van der Waals surface area contributed by atoms with Gasteiger partial charge in [-0.3, -0.25) is 4.57 Å². The number of benzene rings is 2. The number of halogens is 1. The molecule has 0 radical (unpaired) electrons. The average Bonchev–Trinajstić information content (AvgIpc) is 2.71. The van der Waals surface area contributed by atoms with Crippen LogP contribution >= 0.6 is 11.6 Å². The molecule has 2 nitrogen and oxygen atoms in total. The Bertz CT molecular complexity index is 688. The van der Waals surface area contributed by atoms with E-state index in [1.807, 2.05) is 59.2 Å². The van der Waals surface area contributed by atoms with E-state index in [9.17, 15) is 5.11 Å². The summed E-state index contributed by atoms with van der Waals surface area (Å²) < 4.78 is 1.96. The van der Waals surface area contributed by atoms with Gasteiger partial charge in [-0.25, -0.2) is 0 Å². The van der Waals surface area contributed by atoms with Crippen LogP contribution in [0.1, 0.15) is 5.56 Å². The van der Waals surface area contributed by atoms with Gasteiger partial charge in [-0.1, -0.05) is 48.0 Å². The summed E-state index contributed by atoms with van der Waals surface area (Å²) >= 11 is 6.39. The SMILES string of the molecule is OCc1c(Cl)n(-c2ccccc2)c2ccccc12. The Morgan fingerprint density at radius 1 is 0.944 bits per heavy atom. The summed E-state index contributed by atoms with van der Waals surface area (Å²) in [5.41, 5.74) is 2.78. The molecular formula is C15H12ClNO. The number of hydrogen-bond acceptors (Lipinski definition) is 1. The zero-order valence-corrected chi connectivity index (χ0v) is 10.4. The van der Waals surface area contributed by atoms with Crippen LogP contribution in [0, 0.1) is 0 Å². The van der Waals surface area contributed by atoms with Gasteiger partial charge in [0.25, 0.3) is 0 Å². The lowest BCUT2D eigenvalue weighted by molar-refractivity contribution is 0.283. The third-order valence-electron chi connectivity index (χ3n) is 3.09. The molecule has 1 N–H and O–H groups in total. The molecule has 0 bridgehead atoms. The number of aliphatic hydroxyl groups excluding tert-OH is 1. The molecule has 0 spiro atoms. The van der Waals surface area contributed by atoms with Crippen molar-refractivity contribution in [3.8, 4) is 5.69 Å². The lowest BCUT2D eigenvalue weighted by Gasteiger charge is -2.06. The van der Waals surface area contributed by atoms with Gasteiger partial charge in [0, 0.05) is 16.6 Å². The topological polar surface area (TPSA) is 25.2 Å². The molecule has 0 saturated heterocycles. The molecule has 2 aromatic carbocycles. The quantitative estimate of drug-likeness (QED) is 0.743. The van der Waals surface area contributed by atoms with Gasteiger partial charge in [0.2, 0.25) is 0 Å². The molecule has 0 aliphatic carbocycles. The van der Waals surface area contributed by atoms with Crippen molar-refractivity contribution in [2.45, 2.75) is 6.61 Å². The van der Waals surface area contributed by atoms with E-state index in [0.29, 0.717) is 5.15 Å². The molecule has 0 amide bonds. The van der Waals surface area contributed by atoms with Gasteiger partial charge in [0.15, 0.2) is 0 Å². The van der Waals surface area contributed by atoms with Crippen LogP contribution in [-0.2, 0) is 6.61 Å². The van der Waals surface area contributed by atoms with Crippen molar-refractivity contribution in [3.05, 3.63) is 65.3 Å². The zero-order valence-electron chi connectivity index (χ0n) is 9.68. The highest BCUT2D eigenvalue weighted by molar-refractivity contribution is 6.32. The highest BCUT2D eigenvalue weighted by Crippen LogP contribution is 2.32. The van der Waals surface area contributed by atoms with Crippen molar-refractivity contribution in [1.29, 1.82) is 0 Å². The number of hydrogen-bond donors (Lipinski definition) is 1. The Morgan fingerprint density at radius 3 is 2.33 bits per heavy atom. The van der Waals surface area contributed by atoms with Gasteiger partial charge in [-0.05, 0) is 18.2 Å². The number of rotatable bonds is 2. The van der Waals surface area contributed by atoms with Crippen molar-refractivity contribution < 1.29 is 5.11 Å². The predicted octanol–water partition coefficient (Wildman–Crippen LogP) is 3.78. The fraction of sp³-hybridized carbons (Fsp3) is 0.0667. The molecule has 0 aliphatic rings. The standard InChI is InChI=1S/C15H12ClNO/c16-15-13(10-18)12-8-4-5-9-14(12)17(15)11-6-2-1-3-7-11/h1-9,18H,10H2. The van der Waals surface area contributed by atoms with Crippen LogP contribution in [0.3, 0.4) is 0 Å². The van der Waals surface area contributed by atoms with Crippen LogP contribution in [-0.4, -0.2) is 9.67 Å². The second-order valence-corrected chi connectivity index (χ2v) is 4.47. The molecule has 90 valence electrons. The molecule has 3 aromatic rings. The van der Waals surface area contributed by atoms with Crippen LogP contribution in [0.15, 0.2) is 54.6 Å². The second-order valence-electron chi connectivity index (χ2n) is 4.12. The Labute approximate surface area is 110 Å². The van der Waals surface area contributed by atoms with E-state index in [0.717, 1.165) is 22.2 Å². The maximum atomic E-state index is 9.48. The third-order valence-corrected chi connectivity index (χ3v) is 3.49. The molecule has 3 rings (SSSR count). The van der Waals surface area contributed by atoms with E-state index < -0.39 is 0 Å².